The Labute approximate surface area is 168 Å². The molecule has 0 unspecified atom stereocenters. The van der Waals surface area contributed by atoms with E-state index in [1.807, 2.05) is 37.3 Å². The molecule has 2 aromatic carbocycles. The molecule has 3 nitrogen and oxygen atoms in total. The molecule has 0 aliphatic heterocycles. The van der Waals surface area contributed by atoms with Crippen LogP contribution in [0.1, 0.15) is 56.6 Å². The average Bonchev–Trinajstić information content (AvgIpc) is 2.96. The second-order valence-corrected chi connectivity index (χ2v) is 7.57. The van der Waals surface area contributed by atoms with Crippen LogP contribution in [-0.4, -0.2) is 12.6 Å². The molecule has 4 heteroatoms. The highest BCUT2D eigenvalue weighted by Crippen LogP contribution is 2.30. The van der Waals surface area contributed by atoms with E-state index in [4.69, 9.17) is 21.1 Å². The van der Waals surface area contributed by atoms with Gasteiger partial charge in [0.05, 0.1) is 6.61 Å². The lowest BCUT2D eigenvalue weighted by Gasteiger charge is -2.18. The van der Waals surface area contributed by atoms with Crippen LogP contribution in [0.2, 0.25) is 5.02 Å². The van der Waals surface area contributed by atoms with Crippen molar-refractivity contribution in [1.82, 2.24) is 5.32 Å². The highest BCUT2D eigenvalue weighted by Gasteiger charge is 2.13. The zero-order valence-corrected chi connectivity index (χ0v) is 16.9. The fourth-order valence-electron chi connectivity index (χ4n) is 3.57. The summed E-state index contributed by atoms with van der Waals surface area (Å²) in [5.41, 5.74) is 2.20. The van der Waals surface area contributed by atoms with E-state index in [0.717, 1.165) is 28.6 Å². The third kappa shape index (κ3) is 6.15. The number of nitrogens with one attached hydrogen (secondary N) is 1. The van der Waals surface area contributed by atoms with Gasteiger partial charge in [-0.25, -0.2) is 0 Å². The number of hydrogen-bond donors (Lipinski definition) is 1. The van der Waals surface area contributed by atoms with Crippen molar-refractivity contribution in [3.8, 4) is 11.5 Å². The van der Waals surface area contributed by atoms with Crippen molar-refractivity contribution in [2.45, 2.75) is 64.6 Å². The molecule has 0 saturated heterocycles. The molecule has 146 valence electrons. The Kier molecular flexibility index (Phi) is 7.85. The first-order valence-electron chi connectivity index (χ1n) is 10.1. The standard InChI is InChI=1S/C23H30ClNO2/c1-2-26-23-15-18(16-25-20-10-5-3-4-6-11-20)13-14-22(23)27-17-19-9-7-8-12-21(19)24/h7-9,12-15,20,25H,2-6,10-11,16-17H2,1H3. The molecule has 0 heterocycles. The van der Waals surface area contributed by atoms with E-state index in [1.54, 1.807) is 0 Å². The van der Waals surface area contributed by atoms with E-state index in [-0.39, 0.29) is 0 Å². The summed E-state index contributed by atoms with van der Waals surface area (Å²) in [6, 6.07) is 14.6. The van der Waals surface area contributed by atoms with Gasteiger partial charge < -0.3 is 14.8 Å². The highest BCUT2D eigenvalue weighted by molar-refractivity contribution is 6.31. The average molecular weight is 388 g/mol. The molecule has 3 rings (SSSR count). The third-order valence-electron chi connectivity index (χ3n) is 5.10. The minimum atomic E-state index is 0.430. The summed E-state index contributed by atoms with van der Waals surface area (Å²) < 4.78 is 11.8. The summed E-state index contributed by atoms with van der Waals surface area (Å²) in [6.45, 7) is 3.91. The van der Waals surface area contributed by atoms with Crippen LogP contribution in [-0.2, 0) is 13.2 Å². The number of benzene rings is 2. The number of hydrogen-bond acceptors (Lipinski definition) is 3. The molecule has 27 heavy (non-hydrogen) atoms. The van der Waals surface area contributed by atoms with Crippen molar-refractivity contribution < 1.29 is 9.47 Å². The van der Waals surface area contributed by atoms with E-state index < -0.39 is 0 Å². The predicted octanol–water partition coefficient (Wildman–Crippen LogP) is 6.13. The lowest BCUT2D eigenvalue weighted by Crippen LogP contribution is -2.27. The molecular weight excluding hydrogens is 358 g/mol. The first kappa shape index (κ1) is 20.0. The maximum atomic E-state index is 6.22. The van der Waals surface area contributed by atoms with Gasteiger partial charge in [-0.05, 0) is 43.5 Å². The topological polar surface area (TPSA) is 30.5 Å². The van der Waals surface area contributed by atoms with Gasteiger partial charge in [0.25, 0.3) is 0 Å². The van der Waals surface area contributed by atoms with Crippen LogP contribution >= 0.6 is 11.6 Å². The Balaban J connectivity index is 1.62. The van der Waals surface area contributed by atoms with Gasteiger partial charge in [0.15, 0.2) is 11.5 Å². The van der Waals surface area contributed by atoms with Crippen molar-refractivity contribution in [3.63, 3.8) is 0 Å². The molecule has 1 N–H and O–H groups in total. The zero-order chi connectivity index (χ0) is 18.9. The summed E-state index contributed by atoms with van der Waals surface area (Å²) in [6.07, 6.45) is 8.02. The smallest absolute Gasteiger partial charge is 0.161 e. The van der Waals surface area contributed by atoms with E-state index in [1.165, 1.54) is 44.1 Å². The fourth-order valence-corrected chi connectivity index (χ4v) is 3.76. The minimum absolute atomic E-state index is 0.430. The maximum absolute atomic E-state index is 6.22. The van der Waals surface area contributed by atoms with Crippen molar-refractivity contribution in [2.24, 2.45) is 0 Å². The van der Waals surface area contributed by atoms with Crippen molar-refractivity contribution >= 4 is 11.6 Å². The monoisotopic (exact) mass is 387 g/mol. The van der Waals surface area contributed by atoms with Gasteiger partial charge in [-0.2, -0.15) is 0 Å². The van der Waals surface area contributed by atoms with Crippen LogP contribution in [0.25, 0.3) is 0 Å². The van der Waals surface area contributed by atoms with Gasteiger partial charge in [-0.15, -0.1) is 0 Å². The normalized spacial score (nSPS) is 15.3. The summed E-state index contributed by atoms with van der Waals surface area (Å²) in [4.78, 5) is 0. The lowest BCUT2D eigenvalue weighted by molar-refractivity contribution is 0.269. The Morgan fingerprint density at radius 1 is 0.963 bits per heavy atom. The summed E-state index contributed by atoms with van der Waals surface area (Å²) in [7, 11) is 0. The van der Waals surface area contributed by atoms with Crippen LogP contribution < -0.4 is 14.8 Å². The van der Waals surface area contributed by atoms with Gasteiger partial charge in [0.2, 0.25) is 0 Å². The molecule has 0 bridgehead atoms. The van der Waals surface area contributed by atoms with Gasteiger partial charge in [0.1, 0.15) is 6.61 Å². The van der Waals surface area contributed by atoms with Crippen LogP contribution in [0.15, 0.2) is 42.5 Å². The molecule has 1 aliphatic rings. The van der Waals surface area contributed by atoms with E-state index >= 15 is 0 Å². The number of rotatable bonds is 8. The fraction of sp³-hybridized carbons (Fsp3) is 0.478. The molecular formula is C23H30ClNO2. The molecule has 0 radical (unpaired) electrons. The zero-order valence-electron chi connectivity index (χ0n) is 16.2. The first-order valence-corrected chi connectivity index (χ1v) is 10.5. The molecule has 1 fully saturated rings. The first-order chi connectivity index (χ1) is 13.3. The van der Waals surface area contributed by atoms with Gasteiger partial charge in [-0.1, -0.05) is 61.5 Å². The van der Waals surface area contributed by atoms with Crippen LogP contribution in [0.4, 0.5) is 0 Å². The Morgan fingerprint density at radius 2 is 1.74 bits per heavy atom. The second kappa shape index (κ2) is 10.6. The molecule has 0 atom stereocenters. The predicted molar refractivity (Wildman–Crippen MR) is 112 cm³/mol. The highest BCUT2D eigenvalue weighted by atomic mass is 35.5. The lowest BCUT2D eigenvalue weighted by atomic mass is 10.1. The SMILES string of the molecule is CCOc1cc(CNC2CCCCCC2)ccc1OCc1ccccc1Cl. The number of ether oxygens (including phenoxy) is 2. The molecule has 0 spiro atoms. The summed E-state index contributed by atoms with van der Waals surface area (Å²) in [5, 5.41) is 4.44. The molecule has 0 aromatic heterocycles. The molecule has 1 saturated carbocycles. The third-order valence-corrected chi connectivity index (χ3v) is 5.47. The van der Waals surface area contributed by atoms with Gasteiger partial charge in [0, 0.05) is 23.2 Å². The van der Waals surface area contributed by atoms with Crippen LogP contribution in [0.3, 0.4) is 0 Å². The molecule has 0 amide bonds. The summed E-state index contributed by atoms with van der Waals surface area (Å²) >= 11 is 6.22. The van der Waals surface area contributed by atoms with Crippen LogP contribution in [0.5, 0.6) is 11.5 Å². The van der Waals surface area contributed by atoms with E-state index in [0.29, 0.717) is 19.3 Å². The maximum Gasteiger partial charge on any atom is 0.161 e. The van der Waals surface area contributed by atoms with Crippen molar-refractivity contribution in [3.05, 3.63) is 58.6 Å². The minimum Gasteiger partial charge on any atom is -0.490 e. The Hall–Kier alpha value is -1.71. The summed E-state index contributed by atoms with van der Waals surface area (Å²) in [5.74, 6) is 1.56. The van der Waals surface area contributed by atoms with E-state index in [9.17, 15) is 0 Å². The Bertz CT molecular complexity index is 711. The quantitative estimate of drug-likeness (QED) is 0.552. The Morgan fingerprint density at radius 3 is 2.48 bits per heavy atom. The van der Waals surface area contributed by atoms with Crippen molar-refractivity contribution in [1.29, 1.82) is 0 Å². The molecule has 1 aliphatic carbocycles. The van der Waals surface area contributed by atoms with Crippen LogP contribution in [0, 0.1) is 0 Å². The second-order valence-electron chi connectivity index (χ2n) is 7.16. The van der Waals surface area contributed by atoms with Crippen molar-refractivity contribution in [2.75, 3.05) is 6.61 Å². The van der Waals surface area contributed by atoms with Gasteiger partial charge in [-0.3, -0.25) is 0 Å². The largest absolute Gasteiger partial charge is 0.490 e. The molecule has 2 aromatic rings. The van der Waals surface area contributed by atoms with E-state index in [2.05, 4.69) is 17.4 Å². The number of halogens is 1. The van der Waals surface area contributed by atoms with Gasteiger partial charge >= 0.3 is 0 Å².